The third-order valence-corrected chi connectivity index (χ3v) is 7.36. The maximum Gasteiger partial charge on any atom is 0.407 e. The van der Waals surface area contributed by atoms with E-state index in [9.17, 15) is 24.4 Å². The topological polar surface area (TPSA) is 150 Å². The first kappa shape index (κ1) is 38.6. The van der Waals surface area contributed by atoms with Crippen LogP contribution in [0, 0.1) is 0 Å². The van der Waals surface area contributed by atoms with Gasteiger partial charge in [0, 0.05) is 47.9 Å². The summed E-state index contributed by atoms with van der Waals surface area (Å²) in [6, 6.07) is 9.64. The van der Waals surface area contributed by atoms with Crippen LogP contribution >= 0.6 is 23.5 Å². The lowest BCUT2D eigenvalue weighted by molar-refractivity contribution is -0.909. The molecular formula is C32H47ClN5O7S+. The van der Waals surface area contributed by atoms with Crippen molar-refractivity contribution in [3.05, 3.63) is 64.4 Å². The molecule has 14 heteroatoms. The van der Waals surface area contributed by atoms with Gasteiger partial charge in [-0.25, -0.2) is 4.79 Å². The van der Waals surface area contributed by atoms with Gasteiger partial charge in [0.05, 0.1) is 18.7 Å². The molecule has 1 heterocycles. The van der Waals surface area contributed by atoms with E-state index in [0.717, 1.165) is 22.2 Å². The van der Waals surface area contributed by atoms with Gasteiger partial charge < -0.3 is 25.0 Å². The Labute approximate surface area is 280 Å². The molecule has 3 amide bonds. The van der Waals surface area contributed by atoms with Gasteiger partial charge in [-0.2, -0.15) is 0 Å². The van der Waals surface area contributed by atoms with Crippen LogP contribution < -0.4 is 20.1 Å². The lowest BCUT2D eigenvalue weighted by Gasteiger charge is -2.27. The SMILES string of the molecule is CCCN(CC(=O)NCc1cc(Cl)ccc1CNC(=O)OC(C)(C)C)C(=O)C(CCc1cccc[n+]1O)NSCC(=O)OC(C)C. The molecular weight excluding hydrogens is 634 g/mol. The fourth-order valence-electron chi connectivity index (χ4n) is 4.28. The lowest BCUT2D eigenvalue weighted by Crippen LogP contribution is -2.49. The van der Waals surface area contributed by atoms with Gasteiger partial charge in [-0.15, -0.1) is 0 Å². The summed E-state index contributed by atoms with van der Waals surface area (Å²) in [5, 5.41) is 16.2. The molecule has 12 nitrogen and oxygen atoms in total. The fourth-order valence-corrected chi connectivity index (χ4v) is 5.17. The van der Waals surface area contributed by atoms with E-state index in [-0.39, 0.29) is 43.3 Å². The highest BCUT2D eigenvalue weighted by atomic mass is 35.5. The van der Waals surface area contributed by atoms with Crippen molar-refractivity contribution in [3.8, 4) is 0 Å². The average Bonchev–Trinajstić information content (AvgIpc) is 2.96. The number of aryl methyl sites for hydroxylation is 1. The van der Waals surface area contributed by atoms with Crippen molar-refractivity contribution in [2.75, 3.05) is 18.8 Å². The number of amides is 3. The quantitative estimate of drug-likeness (QED) is 0.0844. The fraction of sp³-hybridized carbons (Fsp3) is 0.531. The Bertz CT molecular complexity index is 1320. The summed E-state index contributed by atoms with van der Waals surface area (Å²) >= 11 is 7.28. The van der Waals surface area contributed by atoms with Crippen LogP contribution in [0.4, 0.5) is 4.79 Å². The first-order chi connectivity index (χ1) is 21.7. The standard InChI is InChI=1S/C32H46ClN5O7S/c1-7-15-37(20-28(39)34-19-24-17-25(33)12-11-23(24)18-35-31(42)45-32(4,5)6)30(41)27(36-46-21-29(40)44-22(2)3)14-13-26-10-8-9-16-38(26)43/h8-12,16-17,22,27,36H,7,13-15,18-21H2,1-6H3,(H2-,34,35,39,42,43)/p+1. The van der Waals surface area contributed by atoms with Crippen molar-refractivity contribution in [1.82, 2.24) is 20.3 Å². The molecule has 0 aliphatic heterocycles. The van der Waals surface area contributed by atoms with E-state index in [1.165, 1.54) is 11.1 Å². The molecule has 2 aromatic rings. The lowest BCUT2D eigenvalue weighted by atomic mass is 10.1. The maximum atomic E-state index is 13.8. The number of nitrogens with zero attached hydrogens (tertiary/aromatic N) is 2. The molecule has 0 fully saturated rings. The summed E-state index contributed by atoms with van der Waals surface area (Å²) in [7, 11) is 0. The number of hydrogen-bond acceptors (Lipinski definition) is 9. The molecule has 46 heavy (non-hydrogen) atoms. The number of carbonyl (C=O) groups is 4. The summed E-state index contributed by atoms with van der Waals surface area (Å²) < 4.78 is 14.6. The normalized spacial score (nSPS) is 11.9. The number of hydrogen-bond donors (Lipinski definition) is 4. The van der Waals surface area contributed by atoms with E-state index in [2.05, 4.69) is 15.4 Å². The Balaban J connectivity index is 2.09. The van der Waals surface area contributed by atoms with E-state index >= 15 is 0 Å². The molecule has 0 saturated carbocycles. The molecule has 0 aliphatic rings. The third kappa shape index (κ3) is 14.7. The number of aromatic nitrogens is 1. The molecule has 1 unspecified atom stereocenters. The number of halogens is 1. The second-order valence-electron chi connectivity index (χ2n) is 11.9. The number of esters is 1. The van der Waals surface area contributed by atoms with Crippen LogP contribution in [-0.2, 0) is 43.4 Å². The van der Waals surface area contributed by atoms with Crippen molar-refractivity contribution in [3.63, 3.8) is 0 Å². The van der Waals surface area contributed by atoms with Crippen molar-refractivity contribution in [2.45, 2.75) is 91.6 Å². The van der Waals surface area contributed by atoms with Gasteiger partial charge >= 0.3 is 12.1 Å². The molecule has 254 valence electrons. The van der Waals surface area contributed by atoms with Crippen LogP contribution in [0.3, 0.4) is 0 Å². The number of pyridine rings is 1. The molecule has 0 bridgehead atoms. The summed E-state index contributed by atoms with van der Waals surface area (Å²) in [5.74, 6) is -1.11. The number of alkyl carbamates (subject to hydrolysis) is 1. The van der Waals surface area contributed by atoms with E-state index < -0.39 is 23.7 Å². The molecule has 2 rings (SSSR count). The summed E-state index contributed by atoms with van der Waals surface area (Å²) in [6.45, 7) is 11.2. The van der Waals surface area contributed by atoms with Crippen LogP contribution in [0.2, 0.25) is 5.02 Å². The Morgan fingerprint density at radius 1 is 1.07 bits per heavy atom. The number of ether oxygens (including phenoxy) is 2. The highest BCUT2D eigenvalue weighted by Gasteiger charge is 2.27. The van der Waals surface area contributed by atoms with Crippen LogP contribution in [0.25, 0.3) is 0 Å². The van der Waals surface area contributed by atoms with Crippen molar-refractivity contribution in [1.29, 1.82) is 0 Å². The zero-order valence-electron chi connectivity index (χ0n) is 27.4. The summed E-state index contributed by atoms with van der Waals surface area (Å²) in [5.41, 5.74) is 1.41. The minimum Gasteiger partial charge on any atom is -0.462 e. The smallest absolute Gasteiger partial charge is 0.407 e. The van der Waals surface area contributed by atoms with Crippen molar-refractivity contribution in [2.24, 2.45) is 0 Å². The number of carbonyl (C=O) groups excluding carboxylic acids is 4. The average molecular weight is 681 g/mol. The number of rotatable bonds is 17. The highest BCUT2D eigenvalue weighted by Crippen LogP contribution is 2.17. The molecule has 1 aromatic heterocycles. The van der Waals surface area contributed by atoms with Gasteiger partial charge in [0.25, 0.3) is 0 Å². The van der Waals surface area contributed by atoms with Gasteiger partial charge in [-0.1, -0.05) is 36.5 Å². The number of benzene rings is 1. The minimum atomic E-state index is -0.755. The predicted octanol–water partition coefficient (Wildman–Crippen LogP) is 3.94. The van der Waals surface area contributed by atoms with Gasteiger partial charge in [0.2, 0.25) is 23.7 Å². The van der Waals surface area contributed by atoms with E-state index in [0.29, 0.717) is 42.1 Å². The zero-order valence-corrected chi connectivity index (χ0v) is 29.0. The van der Waals surface area contributed by atoms with Crippen LogP contribution in [-0.4, -0.2) is 70.6 Å². The molecule has 1 aromatic carbocycles. The minimum absolute atomic E-state index is 0.00763. The largest absolute Gasteiger partial charge is 0.462 e. The van der Waals surface area contributed by atoms with Gasteiger partial charge in [0.1, 0.15) is 11.4 Å². The van der Waals surface area contributed by atoms with E-state index in [1.54, 1.807) is 71.0 Å². The second kappa shape index (κ2) is 19.2. The second-order valence-corrected chi connectivity index (χ2v) is 13.1. The van der Waals surface area contributed by atoms with Crippen LogP contribution in [0.1, 0.15) is 71.2 Å². The van der Waals surface area contributed by atoms with Crippen LogP contribution in [0.5, 0.6) is 0 Å². The Hall–Kier alpha value is -3.55. The first-order valence-electron chi connectivity index (χ1n) is 15.2. The zero-order chi connectivity index (χ0) is 34.3. The Morgan fingerprint density at radius 3 is 2.43 bits per heavy atom. The van der Waals surface area contributed by atoms with Gasteiger partial charge in [-0.3, -0.25) is 24.3 Å². The monoisotopic (exact) mass is 680 g/mol. The number of nitrogens with one attached hydrogen (secondary N) is 3. The molecule has 1 atom stereocenters. The maximum absolute atomic E-state index is 13.8. The van der Waals surface area contributed by atoms with Gasteiger partial charge in [0.15, 0.2) is 0 Å². The molecule has 4 N–H and O–H groups in total. The third-order valence-electron chi connectivity index (χ3n) is 6.30. The van der Waals surface area contributed by atoms with Crippen molar-refractivity contribution < 1.29 is 38.6 Å². The Morgan fingerprint density at radius 2 is 1.78 bits per heavy atom. The Kier molecular flexibility index (Phi) is 16.1. The first-order valence-corrected chi connectivity index (χ1v) is 16.6. The van der Waals surface area contributed by atoms with Crippen LogP contribution in [0.15, 0.2) is 42.6 Å². The predicted molar refractivity (Wildman–Crippen MR) is 176 cm³/mol. The molecule has 0 aliphatic carbocycles. The van der Waals surface area contributed by atoms with Crippen molar-refractivity contribution >= 4 is 47.4 Å². The molecule has 0 spiro atoms. The highest BCUT2D eigenvalue weighted by molar-refractivity contribution is 7.98. The molecule has 0 radical (unpaired) electrons. The van der Waals surface area contributed by atoms with E-state index in [4.69, 9.17) is 21.1 Å². The summed E-state index contributed by atoms with van der Waals surface area (Å²) in [4.78, 5) is 52.6. The summed E-state index contributed by atoms with van der Waals surface area (Å²) in [6.07, 6.45) is 1.95. The van der Waals surface area contributed by atoms with Gasteiger partial charge in [-0.05, 0) is 76.8 Å². The molecule has 0 saturated heterocycles. The van der Waals surface area contributed by atoms with E-state index in [1.807, 2.05) is 6.92 Å².